The van der Waals surface area contributed by atoms with Crippen molar-refractivity contribution in [2.24, 2.45) is 5.92 Å². The number of piperidine rings is 1. The second kappa shape index (κ2) is 6.66. The van der Waals surface area contributed by atoms with Crippen molar-refractivity contribution in [2.45, 2.75) is 70.1 Å². The van der Waals surface area contributed by atoms with Gasteiger partial charge in [0.25, 0.3) is 0 Å². The Balaban J connectivity index is 1.48. The molecule has 31 heavy (non-hydrogen) atoms. The maximum atomic E-state index is 12.1. The normalized spacial score (nSPS) is 29.9. The third-order valence-corrected chi connectivity index (χ3v) is 7.65. The fourth-order valence-corrected chi connectivity index (χ4v) is 5.96. The van der Waals surface area contributed by atoms with E-state index in [-0.39, 0.29) is 11.4 Å². The van der Waals surface area contributed by atoms with Crippen LogP contribution in [0.15, 0.2) is 22.7 Å². The van der Waals surface area contributed by atoms with Crippen LogP contribution in [-0.4, -0.2) is 33.8 Å². The minimum atomic E-state index is -0.280. The SMILES string of the molecule is COC1CCC(n2c([C@@]34C[C@@H]3CC(=O)N4)nc3cc(-c4c(C)noc4C)ccc32)CC1. The first-order chi connectivity index (χ1) is 15.0. The zero-order chi connectivity index (χ0) is 21.3. The molecule has 7 heteroatoms. The lowest BCUT2D eigenvalue weighted by atomic mass is 9.92. The third kappa shape index (κ3) is 2.79. The first-order valence-electron chi connectivity index (χ1n) is 11.3. The Morgan fingerprint density at radius 3 is 2.68 bits per heavy atom. The molecule has 3 aromatic rings. The molecule has 6 rings (SSSR count). The molecule has 1 saturated heterocycles. The molecule has 1 aromatic carbocycles. The van der Waals surface area contributed by atoms with Crippen molar-refractivity contribution < 1.29 is 14.1 Å². The molecule has 0 spiro atoms. The summed E-state index contributed by atoms with van der Waals surface area (Å²) in [6.45, 7) is 3.91. The minimum Gasteiger partial charge on any atom is -0.381 e. The van der Waals surface area contributed by atoms with Gasteiger partial charge >= 0.3 is 0 Å². The monoisotopic (exact) mass is 420 g/mol. The first kappa shape index (κ1) is 19.0. The molecule has 162 valence electrons. The molecule has 1 amide bonds. The van der Waals surface area contributed by atoms with E-state index < -0.39 is 0 Å². The largest absolute Gasteiger partial charge is 0.381 e. The molecule has 0 radical (unpaired) electrons. The Kier molecular flexibility index (Phi) is 4.09. The van der Waals surface area contributed by atoms with Gasteiger partial charge in [0.2, 0.25) is 5.91 Å². The Morgan fingerprint density at radius 1 is 1.23 bits per heavy atom. The number of methoxy groups -OCH3 is 1. The number of aryl methyl sites for hydroxylation is 2. The van der Waals surface area contributed by atoms with E-state index in [2.05, 4.69) is 33.2 Å². The summed E-state index contributed by atoms with van der Waals surface area (Å²) in [5, 5.41) is 7.38. The fourth-order valence-electron chi connectivity index (χ4n) is 5.96. The lowest BCUT2D eigenvalue weighted by Gasteiger charge is -2.31. The lowest BCUT2D eigenvalue weighted by Crippen LogP contribution is -2.34. The minimum absolute atomic E-state index is 0.148. The Morgan fingerprint density at radius 2 is 2.03 bits per heavy atom. The average molecular weight is 421 g/mol. The topological polar surface area (TPSA) is 82.2 Å². The standard InChI is InChI=1S/C24H28N4O3/c1-13-22(14(2)31-27-13)15-4-9-20-19(10-15)25-23(24-12-16(24)11-21(29)26-24)28(20)17-5-7-18(30-3)8-6-17/h4,9-10,16-18H,5-8,11-12H2,1-3H3,(H,26,29)/t16-,17?,18?,24+/m0/s1. The van der Waals surface area contributed by atoms with Crippen LogP contribution in [-0.2, 0) is 15.1 Å². The van der Waals surface area contributed by atoms with Crippen LogP contribution >= 0.6 is 0 Å². The number of carbonyl (C=O) groups is 1. The van der Waals surface area contributed by atoms with Crippen molar-refractivity contribution in [3.63, 3.8) is 0 Å². The van der Waals surface area contributed by atoms with Crippen molar-refractivity contribution in [1.29, 1.82) is 0 Å². The molecule has 7 nitrogen and oxygen atoms in total. The summed E-state index contributed by atoms with van der Waals surface area (Å²) in [6, 6.07) is 6.85. The summed E-state index contributed by atoms with van der Waals surface area (Å²) in [4.78, 5) is 17.3. The van der Waals surface area contributed by atoms with Crippen LogP contribution in [0.25, 0.3) is 22.2 Å². The number of hydrogen-bond acceptors (Lipinski definition) is 5. The van der Waals surface area contributed by atoms with Gasteiger partial charge in [0.15, 0.2) is 0 Å². The molecular weight excluding hydrogens is 392 g/mol. The highest BCUT2D eigenvalue weighted by Gasteiger charge is 2.64. The van der Waals surface area contributed by atoms with E-state index in [0.717, 1.165) is 71.5 Å². The summed E-state index contributed by atoms with van der Waals surface area (Å²) in [6.07, 6.45) is 6.20. The molecule has 2 aliphatic carbocycles. The highest BCUT2D eigenvalue weighted by atomic mass is 16.5. The number of rotatable bonds is 4. The van der Waals surface area contributed by atoms with E-state index in [1.807, 2.05) is 13.8 Å². The number of fused-ring (bicyclic) bond motifs is 2. The second-order valence-electron chi connectivity index (χ2n) is 9.50. The Hall–Kier alpha value is -2.67. The number of imidazole rings is 1. The molecule has 2 saturated carbocycles. The fraction of sp³-hybridized carbons (Fsp3) is 0.542. The van der Waals surface area contributed by atoms with Crippen LogP contribution in [0.2, 0.25) is 0 Å². The number of aromatic nitrogens is 3. The maximum absolute atomic E-state index is 12.1. The van der Waals surface area contributed by atoms with E-state index in [1.165, 1.54) is 0 Å². The van der Waals surface area contributed by atoms with Crippen LogP contribution in [0.1, 0.15) is 61.8 Å². The van der Waals surface area contributed by atoms with E-state index in [9.17, 15) is 4.79 Å². The zero-order valence-electron chi connectivity index (χ0n) is 18.3. The number of ether oxygens (including phenoxy) is 1. The van der Waals surface area contributed by atoms with Crippen LogP contribution in [0, 0.1) is 19.8 Å². The van der Waals surface area contributed by atoms with Gasteiger partial charge in [0.1, 0.15) is 17.1 Å². The van der Waals surface area contributed by atoms with Gasteiger partial charge in [-0.15, -0.1) is 0 Å². The number of hydrogen-bond donors (Lipinski definition) is 1. The van der Waals surface area contributed by atoms with Crippen LogP contribution in [0.3, 0.4) is 0 Å². The van der Waals surface area contributed by atoms with Crippen molar-refractivity contribution >= 4 is 16.9 Å². The van der Waals surface area contributed by atoms with E-state index >= 15 is 0 Å². The van der Waals surface area contributed by atoms with Crippen LogP contribution < -0.4 is 5.32 Å². The van der Waals surface area contributed by atoms with Crippen molar-refractivity contribution in [2.75, 3.05) is 7.11 Å². The summed E-state index contributed by atoms with van der Waals surface area (Å²) in [5.74, 6) is 2.37. The van der Waals surface area contributed by atoms with Crippen molar-refractivity contribution in [3.05, 3.63) is 35.5 Å². The van der Waals surface area contributed by atoms with Gasteiger partial charge in [-0.1, -0.05) is 11.2 Å². The number of nitrogens with zero attached hydrogens (tertiary/aromatic N) is 3. The van der Waals surface area contributed by atoms with Gasteiger partial charge in [0, 0.05) is 31.1 Å². The summed E-state index contributed by atoms with van der Waals surface area (Å²) >= 11 is 0. The molecule has 2 atom stereocenters. The number of nitrogens with one attached hydrogen (secondary N) is 1. The van der Waals surface area contributed by atoms with Crippen LogP contribution in [0.5, 0.6) is 0 Å². The van der Waals surface area contributed by atoms with Gasteiger partial charge in [-0.25, -0.2) is 4.98 Å². The molecule has 1 aliphatic heterocycles. The predicted molar refractivity (Wildman–Crippen MR) is 116 cm³/mol. The van der Waals surface area contributed by atoms with E-state index in [0.29, 0.717) is 24.5 Å². The number of amides is 1. The first-order valence-corrected chi connectivity index (χ1v) is 11.3. The smallest absolute Gasteiger partial charge is 0.221 e. The number of benzene rings is 1. The molecule has 3 heterocycles. The zero-order valence-corrected chi connectivity index (χ0v) is 18.3. The van der Waals surface area contributed by atoms with Gasteiger partial charge in [0.05, 0.1) is 22.8 Å². The molecule has 1 N–H and O–H groups in total. The van der Waals surface area contributed by atoms with Gasteiger partial charge in [-0.05, 0) is 63.6 Å². The molecule has 0 unspecified atom stereocenters. The summed E-state index contributed by atoms with van der Waals surface area (Å²) in [7, 11) is 1.81. The number of carbonyl (C=O) groups excluding carboxylic acids is 1. The average Bonchev–Trinajstić information content (AvgIpc) is 3.04. The molecule has 3 fully saturated rings. The predicted octanol–water partition coefficient (Wildman–Crippen LogP) is 4.17. The molecule has 0 bridgehead atoms. The highest BCUT2D eigenvalue weighted by molar-refractivity contribution is 5.86. The van der Waals surface area contributed by atoms with Gasteiger partial charge in [-0.3, -0.25) is 4.79 Å². The second-order valence-corrected chi connectivity index (χ2v) is 9.50. The maximum Gasteiger partial charge on any atom is 0.221 e. The third-order valence-electron chi connectivity index (χ3n) is 7.65. The Labute approximate surface area is 181 Å². The van der Waals surface area contributed by atoms with Gasteiger partial charge < -0.3 is 19.1 Å². The summed E-state index contributed by atoms with van der Waals surface area (Å²) in [5.41, 5.74) is 4.84. The van der Waals surface area contributed by atoms with Crippen molar-refractivity contribution in [3.8, 4) is 11.1 Å². The van der Waals surface area contributed by atoms with Crippen LogP contribution in [0.4, 0.5) is 0 Å². The van der Waals surface area contributed by atoms with E-state index in [1.54, 1.807) is 7.11 Å². The van der Waals surface area contributed by atoms with E-state index in [4.69, 9.17) is 14.2 Å². The molecular formula is C24H28N4O3. The molecule has 3 aliphatic rings. The lowest BCUT2D eigenvalue weighted by molar-refractivity contribution is -0.120. The van der Waals surface area contributed by atoms with Gasteiger partial charge in [-0.2, -0.15) is 0 Å². The Bertz CT molecular complexity index is 1170. The highest BCUT2D eigenvalue weighted by Crippen LogP contribution is 2.58. The molecule has 2 aromatic heterocycles. The summed E-state index contributed by atoms with van der Waals surface area (Å²) < 4.78 is 13.4. The van der Waals surface area contributed by atoms with Crippen molar-refractivity contribution in [1.82, 2.24) is 20.0 Å². The quantitative estimate of drug-likeness (QED) is 0.685.